The zero-order chi connectivity index (χ0) is 12.1. The summed E-state index contributed by atoms with van der Waals surface area (Å²) in [5.41, 5.74) is 0.876. The Morgan fingerprint density at radius 1 is 1.44 bits per heavy atom. The van der Waals surface area contributed by atoms with Crippen molar-refractivity contribution in [3.05, 3.63) is 27.7 Å². The highest BCUT2D eigenvalue weighted by Crippen LogP contribution is 2.31. The minimum Gasteiger partial charge on any atom is -0.495 e. The highest BCUT2D eigenvalue weighted by atomic mass is 35.5. The van der Waals surface area contributed by atoms with E-state index < -0.39 is 0 Å². The fourth-order valence-corrected chi connectivity index (χ4v) is 2.00. The van der Waals surface area contributed by atoms with Crippen molar-refractivity contribution in [3.63, 3.8) is 0 Å². The molecule has 0 aliphatic heterocycles. The van der Waals surface area contributed by atoms with Gasteiger partial charge in [0.1, 0.15) is 5.75 Å². The van der Waals surface area contributed by atoms with Gasteiger partial charge in [0.05, 0.1) is 18.2 Å². The number of rotatable bonds is 5. The molecule has 90 valence electrons. The Hall–Kier alpha value is -0.480. The van der Waals surface area contributed by atoms with Gasteiger partial charge in [-0.15, -0.1) is 0 Å². The molecule has 3 nitrogen and oxygen atoms in total. The third kappa shape index (κ3) is 3.83. The fourth-order valence-electron chi connectivity index (χ4n) is 1.39. The van der Waals surface area contributed by atoms with E-state index in [4.69, 9.17) is 33.0 Å². The van der Waals surface area contributed by atoms with Gasteiger partial charge in [0.15, 0.2) is 0 Å². The maximum Gasteiger partial charge on any atom is 0.142 e. The molecule has 0 aromatic heterocycles. The topological polar surface area (TPSA) is 41.5 Å². The van der Waals surface area contributed by atoms with Gasteiger partial charge in [-0.05, 0) is 19.1 Å². The van der Waals surface area contributed by atoms with Crippen molar-refractivity contribution in [1.82, 2.24) is 5.32 Å². The van der Waals surface area contributed by atoms with Crippen molar-refractivity contribution >= 4 is 23.2 Å². The molecule has 0 spiro atoms. The second-order valence-corrected chi connectivity index (χ2v) is 4.40. The first-order chi connectivity index (χ1) is 7.54. The summed E-state index contributed by atoms with van der Waals surface area (Å²) in [7, 11) is 1.56. The first-order valence-corrected chi connectivity index (χ1v) is 5.71. The molecule has 5 heteroatoms. The van der Waals surface area contributed by atoms with Crippen LogP contribution in [-0.4, -0.2) is 24.9 Å². The van der Waals surface area contributed by atoms with Crippen molar-refractivity contribution in [1.29, 1.82) is 0 Å². The van der Waals surface area contributed by atoms with Crippen LogP contribution < -0.4 is 10.1 Å². The van der Waals surface area contributed by atoms with Crippen molar-refractivity contribution in [2.45, 2.75) is 19.6 Å². The Balaban J connectivity index is 2.77. The van der Waals surface area contributed by atoms with E-state index in [1.807, 2.05) is 0 Å². The van der Waals surface area contributed by atoms with Crippen molar-refractivity contribution in [3.8, 4) is 5.75 Å². The lowest BCUT2D eigenvalue weighted by Crippen LogP contribution is -2.24. The van der Waals surface area contributed by atoms with Crippen LogP contribution in [0.1, 0.15) is 12.5 Å². The third-order valence-electron chi connectivity index (χ3n) is 2.04. The Labute approximate surface area is 105 Å². The average molecular weight is 264 g/mol. The number of aliphatic hydroxyl groups is 1. The van der Waals surface area contributed by atoms with Gasteiger partial charge in [0.2, 0.25) is 0 Å². The monoisotopic (exact) mass is 263 g/mol. The third-order valence-corrected chi connectivity index (χ3v) is 2.54. The molecule has 1 aromatic carbocycles. The van der Waals surface area contributed by atoms with Gasteiger partial charge in [0.25, 0.3) is 0 Å². The van der Waals surface area contributed by atoms with Crippen molar-refractivity contribution in [2.75, 3.05) is 13.7 Å². The summed E-state index contributed by atoms with van der Waals surface area (Å²) < 4.78 is 5.20. The quantitative estimate of drug-likeness (QED) is 0.858. The zero-order valence-corrected chi connectivity index (χ0v) is 10.8. The Bertz CT molecular complexity index is 356. The maximum absolute atomic E-state index is 9.12. The van der Waals surface area contributed by atoms with E-state index in [-0.39, 0.29) is 6.10 Å². The molecular formula is C11H15Cl2NO2. The van der Waals surface area contributed by atoms with Crippen LogP contribution in [0.25, 0.3) is 0 Å². The summed E-state index contributed by atoms with van der Waals surface area (Å²) in [5, 5.41) is 13.3. The summed E-state index contributed by atoms with van der Waals surface area (Å²) in [6.45, 7) is 2.77. The fraction of sp³-hybridized carbons (Fsp3) is 0.455. The molecule has 0 fully saturated rings. The molecule has 1 atom stereocenters. The number of hydrogen-bond acceptors (Lipinski definition) is 3. The van der Waals surface area contributed by atoms with E-state index in [0.717, 1.165) is 5.56 Å². The predicted octanol–water partition coefficient (Wildman–Crippen LogP) is 2.47. The van der Waals surface area contributed by atoms with Gasteiger partial charge >= 0.3 is 0 Å². The van der Waals surface area contributed by atoms with E-state index in [0.29, 0.717) is 28.9 Å². The molecule has 0 bridgehead atoms. The van der Waals surface area contributed by atoms with E-state index in [9.17, 15) is 0 Å². The smallest absolute Gasteiger partial charge is 0.142 e. The highest BCUT2D eigenvalue weighted by molar-refractivity contribution is 6.35. The number of aliphatic hydroxyl groups excluding tert-OH is 1. The van der Waals surface area contributed by atoms with Gasteiger partial charge in [0, 0.05) is 23.7 Å². The van der Waals surface area contributed by atoms with E-state index in [1.165, 1.54) is 0 Å². The molecule has 0 amide bonds. The molecule has 0 heterocycles. The maximum atomic E-state index is 9.12. The molecular weight excluding hydrogens is 249 g/mol. The summed E-state index contributed by atoms with van der Waals surface area (Å²) in [5.74, 6) is 0.615. The first-order valence-electron chi connectivity index (χ1n) is 4.95. The van der Waals surface area contributed by atoms with Crippen molar-refractivity contribution < 1.29 is 9.84 Å². The number of benzene rings is 1. The van der Waals surface area contributed by atoms with E-state index in [1.54, 1.807) is 26.2 Å². The second-order valence-electron chi connectivity index (χ2n) is 3.56. The molecule has 0 aliphatic carbocycles. The lowest BCUT2D eigenvalue weighted by molar-refractivity contribution is 0.191. The van der Waals surface area contributed by atoms with Crippen LogP contribution in [0.4, 0.5) is 0 Å². The molecule has 0 saturated carbocycles. The molecule has 0 radical (unpaired) electrons. The average Bonchev–Trinajstić information content (AvgIpc) is 2.16. The van der Waals surface area contributed by atoms with Gasteiger partial charge in [-0.25, -0.2) is 0 Å². The molecule has 1 rings (SSSR count). The van der Waals surface area contributed by atoms with Crippen LogP contribution in [0, 0.1) is 0 Å². The van der Waals surface area contributed by atoms with Crippen LogP contribution in [0.3, 0.4) is 0 Å². The first kappa shape index (κ1) is 13.6. The summed E-state index contributed by atoms with van der Waals surface area (Å²) in [4.78, 5) is 0. The van der Waals surface area contributed by atoms with Crippen molar-refractivity contribution in [2.24, 2.45) is 0 Å². The van der Waals surface area contributed by atoms with Crippen LogP contribution in [0.5, 0.6) is 5.75 Å². The minimum absolute atomic E-state index is 0.388. The summed E-state index contributed by atoms with van der Waals surface area (Å²) in [6.07, 6.45) is -0.388. The Morgan fingerprint density at radius 2 is 2.12 bits per heavy atom. The largest absolute Gasteiger partial charge is 0.495 e. The second kappa shape index (κ2) is 6.30. The zero-order valence-electron chi connectivity index (χ0n) is 9.26. The number of nitrogens with one attached hydrogen (secondary N) is 1. The van der Waals surface area contributed by atoms with E-state index >= 15 is 0 Å². The molecule has 16 heavy (non-hydrogen) atoms. The lowest BCUT2D eigenvalue weighted by Gasteiger charge is -2.12. The molecule has 1 unspecified atom stereocenters. The van der Waals surface area contributed by atoms with Crippen LogP contribution in [-0.2, 0) is 6.54 Å². The number of methoxy groups -OCH3 is 1. The summed E-state index contributed by atoms with van der Waals surface area (Å²) in [6, 6.07) is 3.43. The Morgan fingerprint density at radius 3 is 2.69 bits per heavy atom. The van der Waals surface area contributed by atoms with Gasteiger partial charge < -0.3 is 15.2 Å². The normalized spacial score (nSPS) is 12.6. The van der Waals surface area contributed by atoms with Gasteiger partial charge in [-0.2, -0.15) is 0 Å². The lowest BCUT2D eigenvalue weighted by atomic mass is 10.2. The molecule has 2 N–H and O–H groups in total. The number of halogens is 2. The summed E-state index contributed by atoms with van der Waals surface area (Å²) >= 11 is 11.9. The Kier molecular flexibility index (Phi) is 5.35. The minimum atomic E-state index is -0.388. The number of ether oxygens (including phenoxy) is 1. The van der Waals surface area contributed by atoms with Gasteiger partial charge in [-0.1, -0.05) is 23.2 Å². The standard InChI is InChI=1S/C11H15Cl2NO2/c1-7(15)5-14-6-8-3-9(12)4-10(13)11(8)16-2/h3-4,7,14-15H,5-6H2,1-2H3. The van der Waals surface area contributed by atoms with E-state index in [2.05, 4.69) is 5.32 Å². The predicted molar refractivity (Wildman–Crippen MR) is 66.4 cm³/mol. The molecule has 0 aliphatic rings. The molecule has 1 aromatic rings. The van der Waals surface area contributed by atoms with Crippen LogP contribution in [0.15, 0.2) is 12.1 Å². The van der Waals surface area contributed by atoms with Crippen LogP contribution in [0.2, 0.25) is 10.0 Å². The van der Waals surface area contributed by atoms with Crippen LogP contribution >= 0.6 is 23.2 Å². The SMILES string of the molecule is COc1c(Cl)cc(Cl)cc1CNCC(C)O. The number of hydrogen-bond donors (Lipinski definition) is 2. The molecule has 0 saturated heterocycles. The van der Waals surface area contributed by atoms with Gasteiger partial charge in [-0.3, -0.25) is 0 Å². The highest BCUT2D eigenvalue weighted by Gasteiger charge is 2.09.